The van der Waals surface area contributed by atoms with E-state index in [4.69, 9.17) is 30.8 Å². The summed E-state index contributed by atoms with van der Waals surface area (Å²) in [5, 5.41) is 3.62. The van der Waals surface area contributed by atoms with Gasteiger partial charge in [0.2, 0.25) is 0 Å². The number of nitrogens with zero attached hydrogens (tertiary/aromatic N) is 2. The molecule has 3 atom stereocenters. The minimum absolute atomic E-state index is 0.192. The van der Waals surface area contributed by atoms with Gasteiger partial charge in [0.15, 0.2) is 0 Å². The molecule has 1 saturated carbocycles. The lowest BCUT2D eigenvalue weighted by molar-refractivity contribution is -0.105. The van der Waals surface area contributed by atoms with Gasteiger partial charge in [-0.3, -0.25) is 9.79 Å². The van der Waals surface area contributed by atoms with Gasteiger partial charge in [0.25, 0.3) is 0 Å². The van der Waals surface area contributed by atoms with Crippen molar-refractivity contribution in [3.05, 3.63) is 57.6 Å². The number of benzene rings is 1. The minimum Gasteiger partial charge on any atom is -0.381 e. The van der Waals surface area contributed by atoms with E-state index in [1.807, 2.05) is 6.08 Å². The van der Waals surface area contributed by atoms with E-state index in [0.717, 1.165) is 37.9 Å². The molecule has 5 rings (SSSR count). The van der Waals surface area contributed by atoms with Gasteiger partial charge < -0.3 is 19.5 Å². The Morgan fingerprint density at radius 1 is 1.29 bits per heavy atom. The summed E-state index contributed by atoms with van der Waals surface area (Å²) in [5.74, 6) is -0.191. The van der Waals surface area contributed by atoms with E-state index in [-0.39, 0.29) is 29.8 Å². The van der Waals surface area contributed by atoms with Crippen molar-refractivity contribution < 1.29 is 23.4 Å². The maximum absolute atomic E-state index is 15.1. The van der Waals surface area contributed by atoms with Crippen LogP contribution < -0.4 is 5.32 Å². The molecule has 4 aliphatic rings. The molecule has 1 aliphatic carbocycles. The number of ether oxygens (including phenoxy) is 3. The number of carbonyl (C=O) groups is 1. The summed E-state index contributed by atoms with van der Waals surface area (Å²) < 4.78 is 32.5. The normalized spacial score (nSPS) is 31.4. The van der Waals surface area contributed by atoms with E-state index in [1.165, 1.54) is 6.07 Å². The van der Waals surface area contributed by atoms with Gasteiger partial charge in [-0.2, -0.15) is 0 Å². The molecule has 1 aromatic carbocycles. The first-order valence-electron chi connectivity index (χ1n) is 11.4. The topological polar surface area (TPSA) is 81.5 Å². The predicted octanol–water partition coefficient (Wildman–Crippen LogP) is 3.47. The first-order chi connectivity index (χ1) is 16.5. The molecular weight excluding hydrogens is 461 g/mol. The van der Waals surface area contributed by atoms with Crippen LogP contribution in [0.2, 0.25) is 5.02 Å². The molecule has 0 bridgehead atoms. The van der Waals surface area contributed by atoms with Crippen LogP contribution in [0.3, 0.4) is 0 Å². The molecule has 34 heavy (non-hydrogen) atoms. The monoisotopic (exact) mass is 487 g/mol. The van der Waals surface area contributed by atoms with Crippen LogP contribution in [-0.4, -0.2) is 64.0 Å². The lowest BCUT2D eigenvalue weighted by atomic mass is 9.86. The SMILES string of the molecule is CN=CN/C(=C\C(=NC1=C(C=O)COC1)c1ccc(Cl)cc1F)C12CCOC1(C1CCOC1)C2. The number of aliphatic imine (C=N–C) groups is 2. The zero-order valence-electron chi connectivity index (χ0n) is 19.0. The van der Waals surface area contributed by atoms with E-state index in [0.29, 0.717) is 41.1 Å². The van der Waals surface area contributed by atoms with Gasteiger partial charge >= 0.3 is 0 Å². The van der Waals surface area contributed by atoms with Crippen molar-refractivity contribution in [1.29, 1.82) is 0 Å². The first-order valence-corrected chi connectivity index (χ1v) is 11.8. The number of fused-ring (bicyclic) bond motifs is 1. The fraction of sp³-hybridized carbons (Fsp3) is 0.480. The quantitative estimate of drug-likeness (QED) is 0.345. The van der Waals surface area contributed by atoms with E-state index < -0.39 is 5.82 Å². The van der Waals surface area contributed by atoms with Crippen molar-refractivity contribution in [3.8, 4) is 0 Å². The Morgan fingerprint density at radius 3 is 2.91 bits per heavy atom. The number of carbonyl (C=O) groups excluding carboxylic acids is 1. The molecule has 0 amide bonds. The van der Waals surface area contributed by atoms with E-state index >= 15 is 4.39 Å². The minimum atomic E-state index is -0.496. The molecule has 2 saturated heterocycles. The Balaban J connectivity index is 1.62. The number of rotatable bonds is 8. The number of allylic oxidation sites excluding steroid dienone is 1. The maximum Gasteiger partial charge on any atom is 0.150 e. The Kier molecular flexibility index (Phi) is 6.41. The Hall–Kier alpha value is -2.39. The molecule has 3 unspecified atom stereocenters. The van der Waals surface area contributed by atoms with Crippen LogP contribution in [0.25, 0.3) is 0 Å². The fourth-order valence-electron chi connectivity index (χ4n) is 5.56. The third-order valence-electron chi connectivity index (χ3n) is 7.34. The number of hydrogen-bond donors (Lipinski definition) is 1. The highest BCUT2D eigenvalue weighted by Crippen LogP contribution is 2.72. The first kappa shape index (κ1) is 23.4. The second kappa shape index (κ2) is 9.34. The summed E-state index contributed by atoms with van der Waals surface area (Å²) in [6, 6.07) is 4.48. The average Bonchev–Trinajstić information content (AvgIpc) is 3.33. The largest absolute Gasteiger partial charge is 0.381 e. The molecule has 3 heterocycles. The molecule has 180 valence electrons. The van der Waals surface area contributed by atoms with Crippen molar-refractivity contribution in [2.24, 2.45) is 21.3 Å². The van der Waals surface area contributed by atoms with E-state index in [2.05, 4.69) is 10.3 Å². The summed E-state index contributed by atoms with van der Waals surface area (Å²) >= 11 is 6.01. The standard InChI is InChI=1S/C25H27ClFN3O4/c1-28-15-29-23(24-5-7-34-25(24,14-24)17-4-6-32-12-17)9-21(19-3-2-18(26)8-20(19)27)30-22-13-33-11-16(22)10-31/h2-3,8-10,15,17H,4-7,11-14H2,1H3,(H,28,29)/b23-9-,30-21?. The lowest BCUT2D eigenvalue weighted by Gasteiger charge is -2.25. The summed E-state index contributed by atoms with van der Waals surface area (Å²) in [6.45, 7) is 2.45. The van der Waals surface area contributed by atoms with E-state index in [9.17, 15) is 4.79 Å². The van der Waals surface area contributed by atoms with E-state index in [1.54, 1.807) is 25.5 Å². The highest BCUT2D eigenvalue weighted by atomic mass is 35.5. The molecule has 3 fully saturated rings. The zero-order chi connectivity index (χ0) is 23.8. The third-order valence-corrected chi connectivity index (χ3v) is 7.58. The molecular formula is C25H27ClFN3O4. The maximum atomic E-state index is 15.1. The highest BCUT2D eigenvalue weighted by Gasteiger charge is 2.76. The van der Waals surface area contributed by atoms with Crippen LogP contribution in [0.1, 0.15) is 24.8 Å². The van der Waals surface area contributed by atoms with Crippen molar-refractivity contribution in [2.45, 2.75) is 24.9 Å². The van der Waals surface area contributed by atoms with Crippen molar-refractivity contribution in [3.63, 3.8) is 0 Å². The van der Waals surface area contributed by atoms with Gasteiger partial charge in [-0.05, 0) is 43.5 Å². The molecule has 7 nitrogen and oxygen atoms in total. The van der Waals surface area contributed by atoms with Crippen LogP contribution in [0.5, 0.6) is 0 Å². The Bertz CT molecular complexity index is 1110. The van der Waals surface area contributed by atoms with Gasteiger partial charge in [0.1, 0.15) is 12.1 Å². The fourth-order valence-corrected chi connectivity index (χ4v) is 5.71. The van der Waals surface area contributed by atoms with Gasteiger partial charge in [0, 0.05) is 53.5 Å². The summed E-state index contributed by atoms with van der Waals surface area (Å²) in [6.07, 6.45) is 6.86. The van der Waals surface area contributed by atoms with Crippen LogP contribution in [-0.2, 0) is 19.0 Å². The third kappa shape index (κ3) is 3.92. The summed E-state index contributed by atoms with van der Waals surface area (Å²) in [4.78, 5) is 20.3. The molecule has 9 heteroatoms. The molecule has 3 aliphatic heterocycles. The molecule has 0 spiro atoms. The van der Waals surface area contributed by atoms with Gasteiger partial charge in [0.05, 0.1) is 43.2 Å². The number of halogens is 2. The molecule has 1 N–H and O–H groups in total. The average molecular weight is 488 g/mol. The summed E-state index contributed by atoms with van der Waals surface area (Å²) in [7, 11) is 1.68. The smallest absolute Gasteiger partial charge is 0.150 e. The molecule has 1 aromatic rings. The second-order valence-corrected chi connectivity index (χ2v) is 9.54. The number of nitrogens with one attached hydrogen (secondary N) is 1. The second-order valence-electron chi connectivity index (χ2n) is 9.10. The predicted molar refractivity (Wildman–Crippen MR) is 127 cm³/mol. The highest BCUT2D eigenvalue weighted by molar-refractivity contribution is 6.30. The number of aldehydes is 1. The van der Waals surface area contributed by atoms with Crippen molar-refractivity contribution in [1.82, 2.24) is 5.32 Å². The Morgan fingerprint density at radius 2 is 2.18 bits per heavy atom. The van der Waals surface area contributed by atoms with Crippen molar-refractivity contribution in [2.75, 3.05) is 40.1 Å². The summed E-state index contributed by atoms with van der Waals surface area (Å²) in [5.41, 5.74) is 1.91. The molecule has 0 radical (unpaired) electrons. The van der Waals surface area contributed by atoms with Gasteiger partial charge in [-0.25, -0.2) is 9.38 Å². The van der Waals surface area contributed by atoms with Crippen LogP contribution >= 0.6 is 11.6 Å². The van der Waals surface area contributed by atoms with Crippen LogP contribution in [0, 0.1) is 17.2 Å². The van der Waals surface area contributed by atoms with Gasteiger partial charge in [-0.1, -0.05) is 11.6 Å². The van der Waals surface area contributed by atoms with Crippen molar-refractivity contribution >= 4 is 29.9 Å². The Labute approximate surface area is 202 Å². The number of hydrogen-bond acceptors (Lipinski definition) is 6. The van der Waals surface area contributed by atoms with Crippen LogP contribution in [0.4, 0.5) is 4.39 Å². The van der Waals surface area contributed by atoms with Crippen LogP contribution in [0.15, 0.2) is 51.2 Å². The lowest BCUT2D eigenvalue weighted by Crippen LogP contribution is -2.33. The molecule has 0 aromatic heterocycles. The zero-order valence-corrected chi connectivity index (χ0v) is 19.7. The van der Waals surface area contributed by atoms with Gasteiger partial charge in [-0.15, -0.1) is 0 Å².